The van der Waals surface area contributed by atoms with Gasteiger partial charge in [0, 0.05) is 37.8 Å². The Hall–Kier alpha value is -4.09. The average molecular weight is 481 g/mol. The first-order valence-corrected chi connectivity index (χ1v) is 12.2. The van der Waals surface area contributed by atoms with Gasteiger partial charge in [0.25, 0.3) is 5.91 Å². The van der Waals surface area contributed by atoms with Gasteiger partial charge in [-0.25, -0.2) is 4.98 Å². The number of rotatable bonds is 5. The molecule has 8 heteroatoms. The summed E-state index contributed by atoms with van der Waals surface area (Å²) >= 11 is 0. The van der Waals surface area contributed by atoms with E-state index in [1.54, 1.807) is 13.2 Å². The summed E-state index contributed by atoms with van der Waals surface area (Å²) in [4.78, 5) is 20.4. The van der Waals surface area contributed by atoms with E-state index in [4.69, 9.17) is 15.5 Å². The Bertz CT molecular complexity index is 1510. The first-order valence-electron chi connectivity index (χ1n) is 12.2. The molecule has 2 bridgehead atoms. The number of likely N-dealkylation sites (tertiary alicyclic amines) is 1. The molecule has 1 aliphatic heterocycles. The number of piperidine rings is 1. The van der Waals surface area contributed by atoms with Gasteiger partial charge in [-0.3, -0.25) is 4.79 Å². The maximum absolute atomic E-state index is 13.5. The lowest BCUT2D eigenvalue weighted by Gasteiger charge is -2.27. The first kappa shape index (κ1) is 22.4. The molecule has 3 heterocycles. The number of nitriles is 1. The van der Waals surface area contributed by atoms with E-state index in [9.17, 15) is 10.1 Å². The van der Waals surface area contributed by atoms with Crippen LogP contribution in [-0.2, 0) is 13.6 Å². The van der Waals surface area contributed by atoms with Crippen LogP contribution in [0.3, 0.4) is 0 Å². The predicted octanol–water partition coefficient (Wildman–Crippen LogP) is 3.53. The van der Waals surface area contributed by atoms with Gasteiger partial charge in [0.15, 0.2) is 5.82 Å². The third kappa shape index (κ3) is 3.39. The van der Waals surface area contributed by atoms with Gasteiger partial charge in [0.05, 0.1) is 18.3 Å². The number of benzene rings is 2. The molecular weight excluding hydrogens is 452 g/mol. The van der Waals surface area contributed by atoms with E-state index in [-0.39, 0.29) is 18.0 Å². The van der Waals surface area contributed by atoms with E-state index in [0.717, 1.165) is 29.6 Å². The van der Waals surface area contributed by atoms with Gasteiger partial charge in [0.2, 0.25) is 0 Å². The summed E-state index contributed by atoms with van der Waals surface area (Å²) in [7, 11) is 3.54. The molecule has 3 atom stereocenters. The van der Waals surface area contributed by atoms with Crippen LogP contribution in [0.1, 0.15) is 34.5 Å². The number of nitrogens with two attached hydrogens (primary N) is 1. The fourth-order valence-corrected chi connectivity index (χ4v) is 5.96. The molecule has 2 aromatic heterocycles. The highest BCUT2D eigenvalue weighted by Gasteiger charge is 2.47. The topological polar surface area (TPSA) is 102 Å². The third-order valence-electron chi connectivity index (χ3n) is 7.82. The van der Waals surface area contributed by atoms with Crippen molar-refractivity contribution in [1.29, 1.82) is 5.26 Å². The van der Waals surface area contributed by atoms with Gasteiger partial charge < -0.3 is 24.5 Å². The predicted molar refractivity (Wildman–Crippen MR) is 136 cm³/mol. The van der Waals surface area contributed by atoms with Crippen LogP contribution < -0.4 is 10.5 Å². The number of hydrogen-bond acceptors (Lipinski definition) is 5. The molecule has 36 heavy (non-hydrogen) atoms. The second-order valence-corrected chi connectivity index (χ2v) is 9.77. The minimum Gasteiger partial charge on any atom is -0.494 e. The van der Waals surface area contributed by atoms with E-state index in [1.165, 1.54) is 0 Å². The maximum atomic E-state index is 13.5. The fraction of sp³-hybridized carbons (Fsp3) is 0.321. The molecule has 0 radical (unpaired) electrons. The van der Waals surface area contributed by atoms with Crippen LogP contribution in [-0.4, -0.2) is 50.7 Å². The zero-order chi connectivity index (χ0) is 25.0. The summed E-state index contributed by atoms with van der Waals surface area (Å²) in [5.74, 6) is 1.65. The molecule has 182 valence electrons. The lowest BCUT2D eigenvalue weighted by molar-refractivity contribution is 0.0700. The third-order valence-corrected chi connectivity index (χ3v) is 7.82. The van der Waals surface area contributed by atoms with Crippen LogP contribution in [0.2, 0.25) is 0 Å². The number of aryl methyl sites for hydroxylation is 1. The number of fused-ring (bicyclic) bond motifs is 3. The second-order valence-electron chi connectivity index (χ2n) is 9.77. The highest BCUT2D eigenvalue weighted by molar-refractivity contribution is 6.00. The van der Waals surface area contributed by atoms with Crippen molar-refractivity contribution in [3.63, 3.8) is 0 Å². The number of carbonyl (C=O) groups excluding carboxylic acids is 1. The van der Waals surface area contributed by atoms with Crippen molar-refractivity contribution in [3.05, 3.63) is 71.4 Å². The quantitative estimate of drug-likeness (QED) is 0.471. The lowest BCUT2D eigenvalue weighted by atomic mass is 10.1. The van der Waals surface area contributed by atoms with Crippen molar-refractivity contribution >= 4 is 16.9 Å². The van der Waals surface area contributed by atoms with Crippen LogP contribution in [0, 0.1) is 17.2 Å². The Labute approximate surface area is 209 Å². The van der Waals surface area contributed by atoms with Gasteiger partial charge in [-0.1, -0.05) is 30.3 Å². The lowest BCUT2D eigenvalue weighted by Crippen LogP contribution is -2.41. The fourth-order valence-electron chi connectivity index (χ4n) is 5.96. The van der Waals surface area contributed by atoms with E-state index in [0.29, 0.717) is 47.4 Å². The molecule has 6 rings (SSSR count). The Morgan fingerprint density at radius 1 is 1.19 bits per heavy atom. The summed E-state index contributed by atoms with van der Waals surface area (Å²) in [6.45, 7) is 1.26. The minimum absolute atomic E-state index is 0.0238. The zero-order valence-electron chi connectivity index (χ0n) is 20.4. The molecule has 2 aromatic carbocycles. The Morgan fingerprint density at radius 2 is 2.00 bits per heavy atom. The molecule has 0 unspecified atom stereocenters. The van der Waals surface area contributed by atoms with Crippen molar-refractivity contribution in [2.24, 2.45) is 18.7 Å². The SMILES string of the molecule is COc1cc(C(=O)N2C[C@H]3CC[C@@H]2[C@@H]3N)cc2nc(-c3ccc(C#N)n3Cc3ccccc3)n(C)c12. The Kier molecular flexibility index (Phi) is 5.31. The van der Waals surface area contributed by atoms with Crippen LogP contribution in [0.5, 0.6) is 5.75 Å². The van der Waals surface area contributed by atoms with Crippen molar-refractivity contribution < 1.29 is 9.53 Å². The highest BCUT2D eigenvalue weighted by atomic mass is 16.5. The van der Waals surface area contributed by atoms with E-state index >= 15 is 0 Å². The van der Waals surface area contributed by atoms with E-state index in [2.05, 4.69) is 6.07 Å². The van der Waals surface area contributed by atoms with Crippen molar-refractivity contribution in [3.8, 4) is 23.3 Å². The van der Waals surface area contributed by atoms with Crippen LogP contribution in [0.25, 0.3) is 22.6 Å². The molecule has 8 nitrogen and oxygen atoms in total. The summed E-state index contributed by atoms with van der Waals surface area (Å²) in [5.41, 5.74) is 10.9. The molecule has 0 spiro atoms. The summed E-state index contributed by atoms with van der Waals surface area (Å²) in [5, 5.41) is 9.74. The first-order chi connectivity index (χ1) is 17.5. The van der Waals surface area contributed by atoms with Gasteiger partial charge in [-0.15, -0.1) is 0 Å². The smallest absolute Gasteiger partial charge is 0.254 e. The summed E-state index contributed by atoms with van der Waals surface area (Å²) in [6.07, 6.45) is 2.05. The number of nitrogens with zero attached hydrogens (tertiary/aromatic N) is 5. The molecule has 2 N–H and O–H groups in total. The molecule has 2 aliphatic rings. The number of ether oxygens (including phenoxy) is 1. The average Bonchev–Trinajstić information content (AvgIpc) is 3.65. The standard InChI is InChI=1S/C28H28N6O2/c1-32-26-21(12-19(13-24(26)36-2)28(35)34-16-18-8-10-22(34)25(18)30)31-27(32)23-11-9-20(14-29)33(23)15-17-6-4-3-5-7-17/h3-7,9,11-13,18,22,25H,8,10,15-16,30H2,1-2H3/t18-,22-,25-/m1/s1. The molecule has 1 saturated heterocycles. The molecule has 1 saturated carbocycles. The molecule has 1 aliphatic carbocycles. The molecule has 2 fully saturated rings. The van der Waals surface area contributed by atoms with Gasteiger partial charge in [-0.05, 0) is 48.6 Å². The van der Waals surface area contributed by atoms with Gasteiger partial charge >= 0.3 is 0 Å². The van der Waals surface area contributed by atoms with Crippen LogP contribution in [0.4, 0.5) is 0 Å². The molecule has 4 aromatic rings. The van der Waals surface area contributed by atoms with Gasteiger partial charge in [-0.2, -0.15) is 5.26 Å². The number of methoxy groups -OCH3 is 1. The molecule has 1 amide bonds. The van der Waals surface area contributed by atoms with E-state index in [1.807, 2.05) is 69.6 Å². The highest BCUT2D eigenvalue weighted by Crippen LogP contribution is 2.39. The second kappa shape index (κ2) is 8.54. The largest absolute Gasteiger partial charge is 0.494 e. The van der Waals surface area contributed by atoms with E-state index < -0.39 is 0 Å². The van der Waals surface area contributed by atoms with Crippen molar-refractivity contribution in [2.45, 2.75) is 31.5 Å². The Morgan fingerprint density at radius 3 is 2.67 bits per heavy atom. The van der Waals surface area contributed by atoms with Crippen LogP contribution in [0.15, 0.2) is 54.6 Å². The monoisotopic (exact) mass is 480 g/mol. The van der Waals surface area contributed by atoms with Crippen molar-refractivity contribution in [1.82, 2.24) is 19.0 Å². The number of imidazole rings is 1. The summed E-state index contributed by atoms with van der Waals surface area (Å²) < 4.78 is 9.67. The number of hydrogen-bond donors (Lipinski definition) is 1. The zero-order valence-corrected chi connectivity index (χ0v) is 20.4. The Balaban J connectivity index is 1.43. The normalized spacial score (nSPS) is 20.7. The molecular formula is C28H28N6O2. The minimum atomic E-state index is -0.0238. The van der Waals surface area contributed by atoms with Gasteiger partial charge in [0.1, 0.15) is 23.0 Å². The number of aromatic nitrogens is 3. The van der Waals surface area contributed by atoms with Crippen LogP contribution >= 0.6 is 0 Å². The number of amides is 1. The maximum Gasteiger partial charge on any atom is 0.254 e. The summed E-state index contributed by atoms with van der Waals surface area (Å²) in [6, 6.07) is 19.9. The number of carbonyl (C=O) groups is 1. The van der Waals surface area contributed by atoms with Crippen molar-refractivity contribution in [2.75, 3.05) is 13.7 Å².